The normalized spacial score (nSPS) is 10.7. The van der Waals surface area contributed by atoms with Gasteiger partial charge in [-0.15, -0.1) is 0 Å². The van der Waals surface area contributed by atoms with Crippen LogP contribution in [0.2, 0.25) is 0 Å². The molecule has 0 fully saturated rings. The zero-order valence-electron chi connectivity index (χ0n) is 11.3. The van der Waals surface area contributed by atoms with Gasteiger partial charge in [-0.25, -0.2) is 0 Å². The second kappa shape index (κ2) is 5.21. The molecule has 3 aromatic rings. The largest absolute Gasteiger partial charge is 0.343 e. The molecule has 0 saturated carbocycles. The van der Waals surface area contributed by atoms with E-state index in [1.54, 1.807) is 0 Å². The minimum absolute atomic E-state index is 0.0481. The summed E-state index contributed by atoms with van der Waals surface area (Å²) in [6, 6.07) is 18.4. The van der Waals surface area contributed by atoms with Crippen molar-refractivity contribution < 1.29 is 4.79 Å². The van der Waals surface area contributed by atoms with Gasteiger partial charge in [0.2, 0.25) is 5.91 Å². The number of nitrogens with zero attached hydrogens (tertiary/aromatic N) is 1. The molecule has 3 rings (SSSR count). The van der Waals surface area contributed by atoms with Gasteiger partial charge in [-0.05, 0) is 29.8 Å². The summed E-state index contributed by atoms with van der Waals surface area (Å²) in [6.45, 7) is 2.37. The summed E-state index contributed by atoms with van der Waals surface area (Å²) in [5, 5.41) is 3.94. The Kier molecular flexibility index (Phi) is 3.25. The van der Waals surface area contributed by atoms with Crippen LogP contribution in [-0.4, -0.2) is 10.5 Å². The number of hydrogen-bond acceptors (Lipinski definition) is 1. The number of anilines is 1. The zero-order valence-corrected chi connectivity index (χ0v) is 11.3. The predicted octanol–water partition coefficient (Wildman–Crippen LogP) is 3.65. The number of nitrogens with one attached hydrogen (secondary N) is 1. The van der Waals surface area contributed by atoms with Gasteiger partial charge in [-0.1, -0.05) is 30.3 Å². The smallest absolute Gasteiger partial charge is 0.221 e. The topological polar surface area (TPSA) is 34.0 Å². The lowest BCUT2D eigenvalue weighted by atomic mass is 10.2. The molecule has 0 aliphatic heterocycles. The van der Waals surface area contributed by atoms with Crippen molar-refractivity contribution in [3.63, 3.8) is 0 Å². The first-order valence-electron chi connectivity index (χ1n) is 6.63. The van der Waals surface area contributed by atoms with E-state index < -0.39 is 0 Å². The monoisotopic (exact) mass is 264 g/mol. The molecule has 0 aliphatic carbocycles. The quantitative estimate of drug-likeness (QED) is 0.769. The second-order valence-corrected chi connectivity index (χ2v) is 4.88. The van der Waals surface area contributed by atoms with Gasteiger partial charge in [0, 0.05) is 36.3 Å². The third kappa shape index (κ3) is 2.57. The summed E-state index contributed by atoms with van der Waals surface area (Å²) in [6.07, 6.45) is 2.08. The van der Waals surface area contributed by atoms with Gasteiger partial charge in [0.25, 0.3) is 0 Å². The fourth-order valence-electron chi connectivity index (χ4n) is 2.40. The molecular weight excluding hydrogens is 248 g/mol. The van der Waals surface area contributed by atoms with Crippen molar-refractivity contribution >= 4 is 22.5 Å². The van der Waals surface area contributed by atoms with Crippen LogP contribution in [0.4, 0.5) is 5.69 Å². The van der Waals surface area contributed by atoms with E-state index in [4.69, 9.17) is 0 Å². The Morgan fingerprint density at radius 3 is 2.65 bits per heavy atom. The molecule has 3 heteroatoms. The summed E-state index contributed by atoms with van der Waals surface area (Å²) in [5.41, 5.74) is 3.28. The molecule has 2 aromatic carbocycles. The fourth-order valence-corrected chi connectivity index (χ4v) is 2.40. The van der Waals surface area contributed by atoms with Crippen molar-refractivity contribution in [3.05, 3.63) is 66.4 Å². The maximum Gasteiger partial charge on any atom is 0.221 e. The minimum Gasteiger partial charge on any atom is -0.343 e. The number of carbonyl (C=O) groups is 1. The number of fused-ring (bicyclic) bond motifs is 1. The maximum atomic E-state index is 11.1. The van der Waals surface area contributed by atoms with Gasteiger partial charge in [0.15, 0.2) is 0 Å². The molecule has 0 spiro atoms. The van der Waals surface area contributed by atoms with E-state index in [0.717, 1.165) is 17.6 Å². The highest BCUT2D eigenvalue weighted by Crippen LogP contribution is 2.21. The third-order valence-corrected chi connectivity index (χ3v) is 3.29. The summed E-state index contributed by atoms with van der Waals surface area (Å²) in [5.74, 6) is -0.0481. The minimum atomic E-state index is -0.0481. The van der Waals surface area contributed by atoms with E-state index in [2.05, 4.69) is 46.4 Å². The molecular formula is C17H16N2O. The molecule has 0 aliphatic rings. The summed E-state index contributed by atoms with van der Waals surface area (Å²) in [4.78, 5) is 11.1. The van der Waals surface area contributed by atoms with Crippen LogP contribution in [0.3, 0.4) is 0 Å². The molecule has 1 aromatic heterocycles. The van der Waals surface area contributed by atoms with E-state index in [0.29, 0.717) is 0 Å². The SMILES string of the molecule is CC(=O)Nc1ccc2c(ccn2Cc2ccccc2)c1. The van der Waals surface area contributed by atoms with E-state index >= 15 is 0 Å². The fraction of sp³-hybridized carbons (Fsp3) is 0.118. The first kappa shape index (κ1) is 12.5. The van der Waals surface area contributed by atoms with Crippen LogP contribution in [0, 0.1) is 0 Å². The first-order chi connectivity index (χ1) is 9.72. The number of aromatic nitrogens is 1. The van der Waals surface area contributed by atoms with E-state index in [1.165, 1.54) is 18.0 Å². The Morgan fingerprint density at radius 1 is 1.10 bits per heavy atom. The van der Waals surface area contributed by atoms with Crippen molar-refractivity contribution in [1.29, 1.82) is 0 Å². The zero-order chi connectivity index (χ0) is 13.9. The van der Waals surface area contributed by atoms with Crippen molar-refractivity contribution in [2.45, 2.75) is 13.5 Å². The van der Waals surface area contributed by atoms with Gasteiger partial charge in [-0.2, -0.15) is 0 Å². The van der Waals surface area contributed by atoms with Crippen molar-refractivity contribution in [3.8, 4) is 0 Å². The Morgan fingerprint density at radius 2 is 1.90 bits per heavy atom. The summed E-state index contributed by atoms with van der Waals surface area (Å²) in [7, 11) is 0. The Balaban J connectivity index is 1.92. The number of carbonyl (C=O) groups excluding carboxylic acids is 1. The molecule has 0 unspecified atom stereocenters. The molecule has 100 valence electrons. The molecule has 0 bridgehead atoms. The second-order valence-electron chi connectivity index (χ2n) is 4.88. The summed E-state index contributed by atoms with van der Waals surface area (Å²) >= 11 is 0. The standard InChI is InChI=1S/C17H16N2O/c1-13(20)18-16-7-8-17-15(11-16)9-10-19(17)12-14-5-3-2-4-6-14/h2-11H,12H2,1H3,(H,18,20). The van der Waals surface area contributed by atoms with Crippen molar-refractivity contribution in [2.24, 2.45) is 0 Å². The van der Waals surface area contributed by atoms with Crippen LogP contribution in [0.15, 0.2) is 60.8 Å². The lowest BCUT2D eigenvalue weighted by Crippen LogP contribution is -2.05. The third-order valence-electron chi connectivity index (χ3n) is 3.29. The van der Waals surface area contributed by atoms with Gasteiger partial charge in [0.1, 0.15) is 0 Å². The Labute approximate surface area is 117 Å². The lowest BCUT2D eigenvalue weighted by molar-refractivity contribution is -0.114. The van der Waals surface area contributed by atoms with Crippen LogP contribution >= 0.6 is 0 Å². The highest BCUT2D eigenvalue weighted by Gasteiger charge is 2.03. The van der Waals surface area contributed by atoms with E-state index in [1.807, 2.05) is 24.3 Å². The molecule has 0 radical (unpaired) electrons. The molecule has 0 atom stereocenters. The molecule has 0 saturated heterocycles. The van der Waals surface area contributed by atoms with Crippen LogP contribution in [0.25, 0.3) is 10.9 Å². The number of amides is 1. The Hall–Kier alpha value is -2.55. The number of rotatable bonds is 3. The Bertz CT molecular complexity index is 744. The van der Waals surface area contributed by atoms with Gasteiger partial charge in [0.05, 0.1) is 0 Å². The lowest BCUT2D eigenvalue weighted by Gasteiger charge is -2.07. The summed E-state index contributed by atoms with van der Waals surface area (Å²) < 4.78 is 2.21. The molecule has 1 N–H and O–H groups in total. The van der Waals surface area contributed by atoms with Crippen molar-refractivity contribution in [1.82, 2.24) is 4.57 Å². The van der Waals surface area contributed by atoms with Gasteiger partial charge >= 0.3 is 0 Å². The van der Waals surface area contributed by atoms with Gasteiger partial charge < -0.3 is 9.88 Å². The highest BCUT2D eigenvalue weighted by atomic mass is 16.1. The van der Waals surface area contributed by atoms with Crippen LogP contribution in [-0.2, 0) is 11.3 Å². The van der Waals surface area contributed by atoms with E-state index in [-0.39, 0.29) is 5.91 Å². The number of benzene rings is 2. The molecule has 1 amide bonds. The average Bonchev–Trinajstić information content (AvgIpc) is 2.82. The van der Waals surface area contributed by atoms with E-state index in [9.17, 15) is 4.79 Å². The van der Waals surface area contributed by atoms with Crippen molar-refractivity contribution in [2.75, 3.05) is 5.32 Å². The number of hydrogen-bond donors (Lipinski definition) is 1. The average molecular weight is 264 g/mol. The molecule has 3 nitrogen and oxygen atoms in total. The van der Waals surface area contributed by atoms with Crippen LogP contribution in [0.5, 0.6) is 0 Å². The molecule has 20 heavy (non-hydrogen) atoms. The first-order valence-corrected chi connectivity index (χ1v) is 6.63. The van der Waals surface area contributed by atoms with Gasteiger partial charge in [-0.3, -0.25) is 4.79 Å². The molecule has 1 heterocycles. The maximum absolute atomic E-state index is 11.1. The predicted molar refractivity (Wildman–Crippen MR) is 81.8 cm³/mol. The highest BCUT2D eigenvalue weighted by molar-refractivity contribution is 5.92. The van der Waals surface area contributed by atoms with Crippen LogP contribution < -0.4 is 5.32 Å². The van der Waals surface area contributed by atoms with Crippen LogP contribution in [0.1, 0.15) is 12.5 Å².